The topological polar surface area (TPSA) is 90.0 Å². The monoisotopic (exact) mass is 470 g/mol. The van der Waals surface area contributed by atoms with Gasteiger partial charge in [0.05, 0.1) is 5.69 Å². The maximum absolute atomic E-state index is 14.5. The van der Waals surface area contributed by atoms with Crippen molar-refractivity contribution in [1.82, 2.24) is 15.1 Å². The zero-order chi connectivity index (χ0) is 24.6. The first kappa shape index (κ1) is 23.3. The number of anilines is 1. The van der Waals surface area contributed by atoms with Crippen molar-refractivity contribution in [2.24, 2.45) is 0 Å². The molecule has 2 heterocycles. The predicted molar refractivity (Wildman–Crippen MR) is 119 cm³/mol. The normalized spacial score (nSPS) is 20.5. The molecule has 0 aromatic heterocycles. The SMILES string of the molecule is CC(=O)c1ccc(N2CCN(C(=O)CN3C(=O)NC(C)(c4ccc(F)cc4)C3=O)CC2)c(F)c1. The molecule has 2 saturated heterocycles. The Hall–Kier alpha value is -3.82. The number of carbonyl (C=O) groups excluding carboxylic acids is 4. The first-order valence-corrected chi connectivity index (χ1v) is 10.8. The number of urea groups is 1. The van der Waals surface area contributed by atoms with Gasteiger partial charge in [-0.2, -0.15) is 0 Å². The zero-order valence-electron chi connectivity index (χ0n) is 18.8. The first-order chi connectivity index (χ1) is 16.1. The number of halogens is 2. The Balaban J connectivity index is 1.38. The average molecular weight is 470 g/mol. The van der Waals surface area contributed by atoms with Gasteiger partial charge in [0.15, 0.2) is 5.78 Å². The number of hydrogen-bond acceptors (Lipinski definition) is 5. The summed E-state index contributed by atoms with van der Waals surface area (Å²) in [6.45, 7) is 3.73. The molecule has 10 heteroatoms. The van der Waals surface area contributed by atoms with Crippen LogP contribution in [0.15, 0.2) is 42.5 Å². The highest BCUT2D eigenvalue weighted by atomic mass is 19.1. The maximum atomic E-state index is 14.5. The van der Waals surface area contributed by atoms with Crippen molar-refractivity contribution in [3.8, 4) is 0 Å². The van der Waals surface area contributed by atoms with E-state index in [0.29, 0.717) is 24.3 Å². The second-order valence-electron chi connectivity index (χ2n) is 8.54. The number of hydrogen-bond donors (Lipinski definition) is 1. The average Bonchev–Trinajstić information content (AvgIpc) is 3.03. The fourth-order valence-electron chi connectivity index (χ4n) is 4.23. The number of Topliss-reactive ketones (excluding diaryl/α,β-unsaturated/α-hetero) is 1. The highest BCUT2D eigenvalue weighted by Crippen LogP contribution is 2.29. The van der Waals surface area contributed by atoms with Gasteiger partial charge in [0, 0.05) is 31.7 Å². The van der Waals surface area contributed by atoms with Crippen molar-refractivity contribution in [3.05, 3.63) is 65.2 Å². The van der Waals surface area contributed by atoms with Gasteiger partial charge in [-0.15, -0.1) is 0 Å². The Morgan fingerprint density at radius 2 is 1.65 bits per heavy atom. The lowest BCUT2D eigenvalue weighted by molar-refractivity contribution is -0.139. The van der Waals surface area contributed by atoms with Gasteiger partial charge in [-0.3, -0.25) is 19.3 Å². The van der Waals surface area contributed by atoms with Gasteiger partial charge in [0.1, 0.15) is 23.7 Å². The van der Waals surface area contributed by atoms with Gasteiger partial charge in [-0.1, -0.05) is 12.1 Å². The van der Waals surface area contributed by atoms with Crippen LogP contribution in [-0.4, -0.2) is 66.2 Å². The van der Waals surface area contributed by atoms with Gasteiger partial charge in [-0.05, 0) is 49.7 Å². The Bertz CT molecular complexity index is 1160. The highest BCUT2D eigenvalue weighted by Gasteiger charge is 2.49. The summed E-state index contributed by atoms with van der Waals surface area (Å²) in [7, 11) is 0. The lowest BCUT2D eigenvalue weighted by atomic mass is 9.92. The van der Waals surface area contributed by atoms with Crippen LogP contribution in [0.1, 0.15) is 29.8 Å². The van der Waals surface area contributed by atoms with Crippen molar-refractivity contribution in [3.63, 3.8) is 0 Å². The molecule has 1 N–H and O–H groups in total. The molecular weight excluding hydrogens is 446 g/mol. The summed E-state index contributed by atoms with van der Waals surface area (Å²) in [6.07, 6.45) is 0. The molecule has 0 bridgehead atoms. The number of imide groups is 1. The smallest absolute Gasteiger partial charge is 0.325 e. The predicted octanol–water partition coefficient (Wildman–Crippen LogP) is 2.28. The van der Waals surface area contributed by atoms with Gasteiger partial charge in [0.2, 0.25) is 5.91 Å². The van der Waals surface area contributed by atoms with E-state index in [4.69, 9.17) is 0 Å². The number of benzene rings is 2. The van der Waals surface area contributed by atoms with Crippen LogP contribution in [0.2, 0.25) is 0 Å². The number of nitrogens with one attached hydrogen (secondary N) is 1. The number of rotatable bonds is 5. The van der Waals surface area contributed by atoms with Crippen LogP contribution < -0.4 is 10.2 Å². The molecule has 2 aromatic carbocycles. The van der Waals surface area contributed by atoms with Crippen LogP contribution in [0.4, 0.5) is 19.3 Å². The van der Waals surface area contributed by atoms with E-state index in [9.17, 15) is 28.0 Å². The van der Waals surface area contributed by atoms with Crippen LogP contribution >= 0.6 is 0 Å². The van der Waals surface area contributed by atoms with E-state index < -0.39 is 41.6 Å². The Morgan fingerprint density at radius 1 is 1.00 bits per heavy atom. The summed E-state index contributed by atoms with van der Waals surface area (Å²) in [5.41, 5.74) is -0.348. The summed E-state index contributed by atoms with van der Waals surface area (Å²) >= 11 is 0. The molecule has 0 saturated carbocycles. The Morgan fingerprint density at radius 3 is 2.24 bits per heavy atom. The van der Waals surface area contributed by atoms with Crippen LogP contribution in [0.3, 0.4) is 0 Å². The summed E-state index contributed by atoms with van der Waals surface area (Å²) < 4.78 is 27.7. The standard InChI is InChI=1S/C24H24F2N4O4/c1-15(31)16-3-8-20(19(26)13-16)28-9-11-29(12-10-28)21(32)14-30-22(33)24(2,27-23(30)34)17-4-6-18(25)7-5-17/h3-8,13H,9-12,14H2,1-2H3,(H,27,34). The molecule has 2 aliphatic rings. The van der Waals surface area contributed by atoms with E-state index in [1.54, 1.807) is 17.0 Å². The molecule has 0 radical (unpaired) electrons. The lowest BCUT2D eigenvalue weighted by Crippen LogP contribution is -2.52. The minimum absolute atomic E-state index is 0.225. The van der Waals surface area contributed by atoms with E-state index in [-0.39, 0.29) is 24.4 Å². The summed E-state index contributed by atoms with van der Waals surface area (Å²) in [4.78, 5) is 53.9. The van der Waals surface area contributed by atoms with Crippen LogP contribution in [0.5, 0.6) is 0 Å². The molecule has 34 heavy (non-hydrogen) atoms. The van der Waals surface area contributed by atoms with E-state index in [1.165, 1.54) is 49.1 Å². The van der Waals surface area contributed by atoms with E-state index in [2.05, 4.69) is 5.32 Å². The number of piperazine rings is 1. The van der Waals surface area contributed by atoms with Gasteiger partial charge in [0.25, 0.3) is 5.91 Å². The molecule has 1 atom stereocenters. The highest BCUT2D eigenvalue weighted by molar-refractivity contribution is 6.09. The zero-order valence-corrected chi connectivity index (χ0v) is 18.8. The molecule has 4 amide bonds. The number of nitrogens with zero attached hydrogens (tertiary/aromatic N) is 3. The molecular formula is C24H24F2N4O4. The van der Waals surface area contributed by atoms with Gasteiger partial charge >= 0.3 is 6.03 Å². The minimum Gasteiger partial charge on any atom is -0.366 e. The molecule has 8 nitrogen and oxygen atoms in total. The minimum atomic E-state index is -1.40. The van der Waals surface area contributed by atoms with E-state index in [1.807, 2.05) is 0 Å². The largest absolute Gasteiger partial charge is 0.366 e. The summed E-state index contributed by atoms with van der Waals surface area (Å²) in [6, 6.07) is 8.84. The van der Waals surface area contributed by atoms with Crippen LogP contribution in [-0.2, 0) is 15.1 Å². The van der Waals surface area contributed by atoms with Crippen molar-refractivity contribution in [2.75, 3.05) is 37.6 Å². The van der Waals surface area contributed by atoms with Crippen molar-refractivity contribution in [1.29, 1.82) is 0 Å². The molecule has 178 valence electrons. The first-order valence-electron chi connectivity index (χ1n) is 10.8. The van der Waals surface area contributed by atoms with Crippen molar-refractivity contribution in [2.45, 2.75) is 19.4 Å². The molecule has 0 aliphatic carbocycles. The van der Waals surface area contributed by atoms with Gasteiger partial charge in [-0.25, -0.2) is 13.6 Å². The second-order valence-corrected chi connectivity index (χ2v) is 8.54. The third kappa shape index (κ3) is 4.23. The molecule has 4 rings (SSSR count). The third-order valence-corrected chi connectivity index (χ3v) is 6.32. The Kier molecular flexibility index (Phi) is 6.07. The van der Waals surface area contributed by atoms with Crippen LogP contribution in [0.25, 0.3) is 0 Å². The fraction of sp³-hybridized carbons (Fsp3) is 0.333. The number of carbonyl (C=O) groups is 4. The Labute approximate surface area is 195 Å². The maximum Gasteiger partial charge on any atom is 0.325 e. The van der Waals surface area contributed by atoms with Crippen molar-refractivity contribution >= 4 is 29.3 Å². The quantitative estimate of drug-likeness (QED) is 0.535. The van der Waals surface area contributed by atoms with E-state index >= 15 is 0 Å². The van der Waals surface area contributed by atoms with Crippen LogP contribution in [0, 0.1) is 11.6 Å². The molecule has 2 aromatic rings. The molecule has 0 spiro atoms. The molecule has 2 aliphatic heterocycles. The summed E-state index contributed by atoms with van der Waals surface area (Å²) in [5, 5.41) is 2.59. The fourth-order valence-corrected chi connectivity index (χ4v) is 4.23. The third-order valence-electron chi connectivity index (χ3n) is 6.32. The molecule has 2 fully saturated rings. The number of ketones is 1. The van der Waals surface area contributed by atoms with Crippen molar-refractivity contribution < 1.29 is 28.0 Å². The lowest BCUT2D eigenvalue weighted by Gasteiger charge is -2.36. The van der Waals surface area contributed by atoms with Gasteiger partial charge < -0.3 is 15.1 Å². The molecule has 1 unspecified atom stereocenters. The summed E-state index contributed by atoms with van der Waals surface area (Å²) in [5.74, 6) is -2.20. The second kappa shape index (κ2) is 8.85. The number of amides is 4. The van der Waals surface area contributed by atoms with E-state index in [0.717, 1.165) is 4.90 Å².